The van der Waals surface area contributed by atoms with Gasteiger partial charge in [-0.25, -0.2) is 0 Å². The topological polar surface area (TPSA) is 66.9 Å². The van der Waals surface area contributed by atoms with Crippen molar-refractivity contribution in [3.63, 3.8) is 0 Å². The monoisotopic (exact) mass is 268 g/mol. The van der Waals surface area contributed by atoms with Gasteiger partial charge in [0.1, 0.15) is 0 Å². The van der Waals surface area contributed by atoms with Gasteiger partial charge in [0.25, 0.3) is 5.91 Å². The molecule has 1 fully saturated rings. The Kier molecular flexibility index (Phi) is 4.52. The van der Waals surface area contributed by atoms with E-state index in [2.05, 4.69) is 34.7 Å². The average molecular weight is 268 g/mol. The summed E-state index contributed by atoms with van der Waals surface area (Å²) >= 11 is 1.32. The van der Waals surface area contributed by atoms with Gasteiger partial charge in [-0.1, -0.05) is 31.6 Å². The number of amides is 1. The van der Waals surface area contributed by atoms with Gasteiger partial charge in [0, 0.05) is 12.6 Å². The van der Waals surface area contributed by atoms with Crippen molar-refractivity contribution in [1.29, 1.82) is 0 Å². The lowest BCUT2D eigenvalue weighted by molar-refractivity contribution is 0.0928. The second-order valence-electron chi connectivity index (χ2n) is 4.83. The first-order valence-electron chi connectivity index (χ1n) is 6.59. The van der Waals surface area contributed by atoms with Gasteiger partial charge in [-0.05, 0) is 25.2 Å². The van der Waals surface area contributed by atoms with Crippen molar-refractivity contribution >= 4 is 22.4 Å². The fourth-order valence-corrected chi connectivity index (χ4v) is 2.88. The van der Waals surface area contributed by atoms with Crippen LogP contribution < -0.4 is 10.6 Å². The minimum atomic E-state index is -0.0872. The lowest BCUT2D eigenvalue weighted by atomic mass is 10.1. The molecule has 2 rings (SSSR count). The molecule has 6 heteroatoms. The predicted molar refractivity (Wildman–Crippen MR) is 73.0 cm³/mol. The van der Waals surface area contributed by atoms with Crippen LogP contribution in [0.25, 0.3) is 0 Å². The van der Waals surface area contributed by atoms with Crippen LogP contribution in [-0.2, 0) is 0 Å². The summed E-state index contributed by atoms with van der Waals surface area (Å²) in [5.41, 5.74) is 0. The van der Waals surface area contributed by atoms with Crippen molar-refractivity contribution in [2.24, 2.45) is 5.92 Å². The van der Waals surface area contributed by atoms with E-state index in [1.165, 1.54) is 24.2 Å². The molecule has 2 N–H and O–H groups in total. The number of aromatic nitrogens is 2. The van der Waals surface area contributed by atoms with Crippen LogP contribution in [0.15, 0.2) is 0 Å². The predicted octanol–water partition coefficient (Wildman–Crippen LogP) is 2.28. The Hall–Kier alpha value is -1.17. The molecule has 0 radical (unpaired) electrons. The SMILES string of the molecule is CCCNc1nnc(C(=O)NC2CCCC2C)s1. The standard InChI is InChI=1S/C12H20N4OS/c1-3-7-13-12-16-15-11(18-12)10(17)14-9-6-4-5-8(9)2/h8-9H,3-7H2,1-2H3,(H,13,16)(H,14,17). The maximum absolute atomic E-state index is 12.0. The van der Waals surface area contributed by atoms with Crippen LogP contribution in [0.5, 0.6) is 0 Å². The van der Waals surface area contributed by atoms with Gasteiger partial charge < -0.3 is 10.6 Å². The molecule has 1 aliphatic carbocycles. The first-order valence-corrected chi connectivity index (χ1v) is 7.40. The number of hydrogen-bond acceptors (Lipinski definition) is 5. The molecule has 0 saturated heterocycles. The number of hydrogen-bond donors (Lipinski definition) is 2. The number of rotatable bonds is 5. The van der Waals surface area contributed by atoms with Gasteiger partial charge in [0.05, 0.1) is 0 Å². The first-order chi connectivity index (χ1) is 8.70. The molecule has 18 heavy (non-hydrogen) atoms. The zero-order chi connectivity index (χ0) is 13.0. The molecular formula is C12H20N4OS. The van der Waals surface area contributed by atoms with Crippen LogP contribution in [0.3, 0.4) is 0 Å². The lowest BCUT2D eigenvalue weighted by Gasteiger charge is -2.15. The van der Waals surface area contributed by atoms with Crippen LogP contribution in [0.1, 0.15) is 49.3 Å². The summed E-state index contributed by atoms with van der Waals surface area (Å²) in [6.07, 6.45) is 4.50. The highest BCUT2D eigenvalue weighted by molar-refractivity contribution is 7.17. The largest absolute Gasteiger partial charge is 0.360 e. The van der Waals surface area contributed by atoms with Crippen LogP contribution in [0.4, 0.5) is 5.13 Å². The number of nitrogens with one attached hydrogen (secondary N) is 2. The van der Waals surface area contributed by atoms with Crippen molar-refractivity contribution in [2.75, 3.05) is 11.9 Å². The fraction of sp³-hybridized carbons (Fsp3) is 0.750. The zero-order valence-electron chi connectivity index (χ0n) is 10.9. The highest BCUT2D eigenvalue weighted by Crippen LogP contribution is 2.25. The van der Waals surface area contributed by atoms with Crippen LogP contribution in [0.2, 0.25) is 0 Å². The van der Waals surface area contributed by atoms with Gasteiger partial charge in [-0.2, -0.15) is 0 Å². The van der Waals surface area contributed by atoms with E-state index in [0.717, 1.165) is 24.5 Å². The van der Waals surface area contributed by atoms with Gasteiger partial charge >= 0.3 is 0 Å². The van der Waals surface area contributed by atoms with Crippen molar-refractivity contribution in [3.05, 3.63) is 5.01 Å². The molecule has 100 valence electrons. The second-order valence-corrected chi connectivity index (χ2v) is 5.80. The van der Waals surface area contributed by atoms with E-state index in [4.69, 9.17) is 0 Å². The quantitative estimate of drug-likeness (QED) is 0.859. The molecule has 1 aromatic rings. The van der Waals surface area contributed by atoms with Crippen molar-refractivity contribution in [2.45, 2.75) is 45.6 Å². The van der Waals surface area contributed by atoms with Crippen LogP contribution >= 0.6 is 11.3 Å². The molecule has 1 saturated carbocycles. The smallest absolute Gasteiger partial charge is 0.282 e. The lowest BCUT2D eigenvalue weighted by Crippen LogP contribution is -2.36. The zero-order valence-corrected chi connectivity index (χ0v) is 11.7. The van der Waals surface area contributed by atoms with E-state index in [1.54, 1.807) is 0 Å². The third kappa shape index (κ3) is 3.19. The summed E-state index contributed by atoms with van der Waals surface area (Å²) in [6.45, 7) is 5.13. The Morgan fingerprint density at radius 1 is 1.44 bits per heavy atom. The third-order valence-electron chi connectivity index (χ3n) is 3.32. The molecule has 1 heterocycles. The molecule has 2 atom stereocenters. The summed E-state index contributed by atoms with van der Waals surface area (Å²) in [7, 11) is 0. The summed E-state index contributed by atoms with van der Waals surface area (Å²) in [5, 5.41) is 15.3. The Morgan fingerprint density at radius 3 is 2.94 bits per heavy atom. The van der Waals surface area contributed by atoms with E-state index in [0.29, 0.717) is 17.0 Å². The van der Waals surface area contributed by atoms with Gasteiger partial charge in [-0.3, -0.25) is 4.79 Å². The fourth-order valence-electron chi connectivity index (χ4n) is 2.21. The summed E-state index contributed by atoms with van der Waals surface area (Å²) in [6, 6.07) is 0.299. The molecule has 2 unspecified atom stereocenters. The molecule has 0 aliphatic heterocycles. The molecule has 0 spiro atoms. The molecule has 5 nitrogen and oxygen atoms in total. The number of carbonyl (C=O) groups excluding carboxylic acids is 1. The minimum Gasteiger partial charge on any atom is -0.360 e. The van der Waals surface area contributed by atoms with E-state index in [9.17, 15) is 4.79 Å². The van der Waals surface area contributed by atoms with Gasteiger partial charge in [-0.15, -0.1) is 10.2 Å². The van der Waals surface area contributed by atoms with Crippen molar-refractivity contribution in [3.8, 4) is 0 Å². The Labute approximate surface area is 111 Å². The van der Waals surface area contributed by atoms with Gasteiger partial charge in [0.2, 0.25) is 10.1 Å². The molecular weight excluding hydrogens is 248 g/mol. The first kappa shape index (κ1) is 13.3. The van der Waals surface area contributed by atoms with Crippen LogP contribution in [0, 0.1) is 5.92 Å². The summed E-state index contributed by atoms with van der Waals surface area (Å²) in [4.78, 5) is 12.0. The molecule has 0 aromatic carbocycles. The van der Waals surface area contributed by atoms with E-state index >= 15 is 0 Å². The highest BCUT2D eigenvalue weighted by atomic mass is 32.1. The van der Waals surface area contributed by atoms with E-state index in [1.807, 2.05) is 0 Å². The molecule has 0 bridgehead atoms. The Bertz CT molecular complexity index is 407. The number of nitrogens with zero attached hydrogens (tertiary/aromatic N) is 2. The normalized spacial score (nSPS) is 23.0. The van der Waals surface area contributed by atoms with Crippen molar-refractivity contribution < 1.29 is 4.79 Å². The number of carbonyl (C=O) groups is 1. The van der Waals surface area contributed by atoms with E-state index < -0.39 is 0 Å². The highest BCUT2D eigenvalue weighted by Gasteiger charge is 2.26. The molecule has 1 aromatic heterocycles. The maximum Gasteiger partial charge on any atom is 0.282 e. The third-order valence-corrected chi connectivity index (χ3v) is 4.20. The average Bonchev–Trinajstić information content (AvgIpc) is 2.97. The second kappa shape index (κ2) is 6.13. The van der Waals surface area contributed by atoms with Crippen LogP contribution in [-0.4, -0.2) is 28.7 Å². The maximum atomic E-state index is 12.0. The number of anilines is 1. The van der Waals surface area contributed by atoms with Crippen molar-refractivity contribution in [1.82, 2.24) is 15.5 Å². The molecule has 1 amide bonds. The Morgan fingerprint density at radius 2 is 2.28 bits per heavy atom. The summed E-state index contributed by atoms with van der Waals surface area (Å²) < 4.78 is 0. The summed E-state index contributed by atoms with van der Waals surface area (Å²) in [5.74, 6) is 0.482. The Balaban J connectivity index is 1.90. The van der Waals surface area contributed by atoms with E-state index in [-0.39, 0.29) is 5.91 Å². The minimum absolute atomic E-state index is 0.0872. The molecule has 1 aliphatic rings. The van der Waals surface area contributed by atoms with Gasteiger partial charge in [0.15, 0.2) is 0 Å².